The first kappa shape index (κ1) is 17.7. The number of para-hydroxylation sites is 1. The lowest BCUT2D eigenvalue weighted by atomic mass is 10.1. The summed E-state index contributed by atoms with van der Waals surface area (Å²) in [5, 5.41) is 7.08. The topological polar surface area (TPSA) is 93.7 Å². The number of ether oxygens (including phenoxy) is 1. The summed E-state index contributed by atoms with van der Waals surface area (Å²) in [6, 6.07) is 16.6. The number of benzene rings is 2. The lowest BCUT2D eigenvalue weighted by molar-refractivity contribution is -0.127. The van der Waals surface area contributed by atoms with Crippen molar-refractivity contribution in [3.63, 3.8) is 0 Å². The Morgan fingerprint density at radius 2 is 1.75 bits per heavy atom. The van der Waals surface area contributed by atoms with Crippen molar-refractivity contribution in [3.8, 4) is 5.75 Å². The molecule has 7 nitrogen and oxygen atoms in total. The number of fused-ring (bicyclic) bond motifs is 3. The minimum absolute atomic E-state index is 0.131. The Hall–Kier alpha value is -3.74. The van der Waals surface area contributed by atoms with Crippen LogP contribution in [0.1, 0.15) is 5.76 Å². The summed E-state index contributed by atoms with van der Waals surface area (Å²) in [6.07, 6.45) is 1.53. The van der Waals surface area contributed by atoms with Gasteiger partial charge in [0.15, 0.2) is 6.61 Å². The molecule has 7 heteroatoms. The standard InChI is InChI=1S/C21H18N2O5/c24-20(22-11-15-4-3-9-26-15)12-23-21(25)13-27-14-7-8-19-17(10-14)16-5-1-2-6-18(16)28-19/h1-10H,11-13H2,(H,22,24)(H,23,25). The molecule has 0 bridgehead atoms. The van der Waals surface area contributed by atoms with Crippen molar-refractivity contribution in [2.75, 3.05) is 13.2 Å². The van der Waals surface area contributed by atoms with Crippen molar-refractivity contribution in [1.82, 2.24) is 10.6 Å². The van der Waals surface area contributed by atoms with Gasteiger partial charge in [0.2, 0.25) is 5.91 Å². The van der Waals surface area contributed by atoms with Gasteiger partial charge in [-0.25, -0.2) is 0 Å². The van der Waals surface area contributed by atoms with Crippen molar-refractivity contribution >= 4 is 33.8 Å². The largest absolute Gasteiger partial charge is 0.484 e. The number of amides is 2. The van der Waals surface area contributed by atoms with Crippen molar-refractivity contribution in [1.29, 1.82) is 0 Å². The van der Waals surface area contributed by atoms with Crippen LogP contribution in [0.2, 0.25) is 0 Å². The average Bonchev–Trinajstić information content (AvgIpc) is 3.36. The number of carbonyl (C=O) groups is 2. The summed E-state index contributed by atoms with van der Waals surface area (Å²) < 4.78 is 16.4. The summed E-state index contributed by atoms with van der Waals surface area (Å²) >= 11 is 0. The highest BCUT2D eigenvalue weighted by atomic mass is 16.5. The first-order valence-electron chi connectivity index (χ1n) is 8.79. The fraction of sp³-hybridized carbons (Fsp3) is 0.143. The van der Waals surface area contributed by atoms with Crippen LogP contribution in [-0.4, -0.2) is 25.0 Å². The molecule has 0 saturated heterocycles. The van der Waals surface area contributed by atoms with Gasteiger partial charge in [-0.3, -0.25) is 9.59 Å². The average molecular weight is 378 g/mol. The van der Waals surface area contributed by atoms with Gasteiger partial charge >= 0.3 is 0 Å². The number of rotatable bonds is 7. The van der Waals surface area contributed by atoms with Crippen molar-refractivity contribution < 1.29 is 23.2 Å². The number of hydrogen-bond donors (Lipinski definition) is 2. The van der Waals surface area contributed by atoms with Crippen LogP contribution in [-0.2, 0) is 16.1 Å². The zero-order valence-corrected chi connectivity index (χ0v) is 14.9. The molecule has 2 aromatic heterocycles. The van der Waals surface area contributed by atoms with Gasteiger partial charge in [-0.2, -0.15) is 0 Å². The lowest BCUT2D eigenvalue weighted by Gasteiger charge is -2.08. The van der Waals surface area contributed by atoms with E-state index in [-0.39, 0.29) is 31.5 Å². The predicted molar refractivity (Wildman–Crippen MR) is 103 cm³/mol. The predicted octanol–water partition coefficient (Wildman–Crippen LogP) is 2.99. The van der Waals surface area contributed by atoms with E-state index in [4.69, 9.17) is 13.6 Å². The molecule has 2 N–H and O–H groups in total. The van der Waals surface area contributed by atoms with Crippen LogP contribution in [0.25, 0.3) is 21.9 Å². The molecule has 0 aliphatic carbocycles. The fourth-order valence-electron chi connectivity index (χ4n) is 2.84. The SMILES string of the molecule is O=C(CNC(=O)COc1ccc2oc3ccccc3c2c1)NCc1ccco1. The Bertz CT molecular complexity index is 1110. The van der Waals surface area contributed by atoms with E-state index in [0.717, 1.165) is 21.9 Å². The number of hydrogen-bond acceptors (Lipinski definition) is 5. The second-order valence-corrected chi connectivity index (χ2v) is 6.18. The summed E-state index contributed by atoms with van der Waals surface area (Å²) in [5.41, 5.74) is 1.55. The van der Waals surface area contributed by atoms with Gasteiger partial charge in [-0.1, -0.05) is 18.2 Å². The van der Waals surface area contributed by atoms with E-state index in [2.05, 4.69) is 10.6 Å². The highest BCUT2D eigenvalue weighted by Crippen LogP contribution is 2.31. The lowest BCUT2D eigenvalue weighted by Crippen LogP contribution is -2.38. The molecule has 2 heterocycles. The van der Waals surface area contributed by atoms with Crippen molar-refractivity contribution in [3.05, 3.63) is 66.6 Å². The van der Waals surface area contributed by atoms with E-state index in [1.165, 1.54) is 6.26 Å². The molecule has 0 fully saturated rings. The van der Waals surface area contributed by atoms with Crippen LogP contribution in [0.5, 0.6) is 5.75 Å². The van der Waals surface area contributed by atoms with Crippen LogP contribution >= 0.6 is 0 Å². The third kappa shape index (κ3) is 3.98. The van der Waals surface area contributed by atoms with Crippen molar-refractivity contribution in [2.24, 2.45) is 0 Å². The van der Waals surface area contributed by atoms with Gasteiger partial charge in [0.1, 0.15) is 22.7 Å². The van der Waals surface area contributed by atoms with E-state index >= 15 is 0 Å². The second kappa shape index (κ2) is 7.87. The number of nitrogens with one attached hydrogen (secondary N) is 2. The molecule has 0 aliphatic rings. The molecule has 0 atom stereocenters. The minimum Gasteiger partial charge on any atom is -0.484 e. The fourth-order valence-corrected chi connectivity index (χ4v) is 2.84. The van der Waals surface area contributed by atoms with Crippen molar-refractivity contribution in [2.45, 2.75) is 6.54 Å². The molecule has 0 aliphatic heterocycles. The van der Waals surface area contributed by atoms with E-state index in [1.807, 2.05) is 36.4 Å². The van der Waals surface area contributed by atoms with Gasteiger partial charge in [-0.05, 0) is 36.4 Å². The molecule has 0 saturated carbocycles. The molecule has 0 unspecified atom stereocenters. The van der Waals surface area contributed by atoms with Crippen LogP contribution in [0.15, 0.2) is 69.7 Å². The van der Waals surface area contributed by atoms with Gasteiger partial charge in [0, 0.05) is 10.8 Å². The Balaban J connectivity index is 1.28. The van der Waals surface area contributed by atoms with Crippen LogP contribution < -0.4 is 15.4 Å². The third-order valence-corrected chi connectivity index (χ3v) is 4.20. The molecular formula is C21H18N2O5. The minimum atomic E-state index is -0.384. The van der Waals surface area contributed by atoms with Crippen LogP contribution in [0, 0.1) is 0 Å². The van der Waals surface area contributed by atoms with Gasteiger partial charge in [0.25, 0.3) is 5.91 Å². The van der Waals surface area contributed by atoms with Gasteiger partial charge in [0.05, 0.1) is 19.4 Å². The van der Waals surface area contributed by atoms with E-state index in [1.54, 1.807) is 18.2 Å². The van der Waals surface area contributed by atoms with E-state index in [9.17, 15) is 9.59 Å². The zero-order valence-electron chi connectivity index (χ0n) is 14.9. The molecule has 0 radical (unpaired) electrons. The first-order valence-corrected chi connectivity index (χ1v) is 8.79. The van der Waals surface area contributed by atoms with Crippen LogP contribution in [0.4, 0.5) is 0 Å². The molecule has 4 rings (SSSR count). The van der Waals surface area contributed by atoms with Gasteiger partial charge < -0.3 is 24.2 Å². The van der Waals surface area contributed by atoms with E-state index < -0.39 is 0 Å². The summed E-state index contributed by atoms with van der Waals surface area (Å²) in [7, 11) is 0. The maximum Gasteiger partial charge on any atom is 0.258 e. The molecule has 28 heavy (non-hydrogen) atoms. The maximum absolute atomic E-state index is 11.9. The molecule has 2 amide bonds. The Labute approximate surface area is 160 Å². The van der Waals surface area contributed by atoms with E-state index in [0.29, 0.717) is 11.5 Å². The normalized spacial score (nSPS) is 10.9. The number of carbonyl (C=O) groups excluding carboxylic acids is 2. The Kier molecular flexibility index (Phi) is 4.97. The second-order valence-electron chi connectivity index (χ2n) is 6.18. The highest BCUT2D eigenvalue weighted by Gasteiger charge is 2.10. The molecule has 2 aromatic carbocycles. The molecule has 4 aromatic rings. The number of furan rings is 2. The highest BCUT2D eigenvalue weighted by molar-refractivity contribution is 6.05. The Morgan fingerprint density at radius 1 is 0.893 bits per heavy atom. The van der Waals surface area contributed by atoms with Crippen LogP contribution in [0.3, 0.4) is 0 Å². The summed E-state index contributed by atoms with van der Waals surface area (Å²) in [5.74, 6) is 0.503. The molecule has 142 valence electrons. The molecular weight excluding hydrogens is 360 g/mol. The molecule has 0 spiro atoms. The maximum atomic E-state index is 11.9. The third-order valence-electron chi connectivity index (χ3n) is 4.20. The first-order chi connectivity index (χ1) is 13.7. The summed E-state index contributed by atoms with van der Waals surface area (Å²) in [4.78, 5) is 23.7. The van der Waals surface area contributed by atoms with Gasteiger partial charge in [-0.15, -0.1) is 0 Å². The smallest absolute Gasteiger partial charge is 0.258 e. The summed E-state index contributed by atoms with van der Waals surface area (Å²) in [6.45, 7) is -0.0437. The monoisotopic (exact) mass is 378 g/mol. The quantitative estimate of drug-likeness (QED) is 0.516. The Morgan fingerprint density at radius 3 is 2.61 bits per heavy atom. The zero-order chi connectivity index (χ0) is 19.3.